The third-order valence-corrected chi connectivity index (χ3v) is 4.52. The van der Waals surface area contributed by atoms with Crippen molar-refractivity contribution in [3.63, 3.8) is 0 Å². The van der Waals surface area contributed by atoms with Crippen molar-refractivity contribution in [3.05, 3.63) is 46.1 Å². The SMILES string of the molecule is Cc1ccc(N2CCN(C(=O)COc3ccc(Cl)cc3Cl)CC2)nn1. The molecule has 0 saturated carbocycles. The first-order valence-electron chi connectivity index (χ1n) is 7.94. The molecule has 1 aliphatic heterocycles. The summed E-state index contributed by atoms with van der Waals surface area (Å²) in [6.45, 7) is 4.51. The van der Waals surface area contributed by atoms with Crippen LogP contribution in [0.2, 0.25) is 10.0 Å². The van der Waals surface area contributed by atoms with Gasteiger partial charge in [-0.15, -0.1) is 5.10 Å². The summed E-state index contributed by atoms with van der Waals surface area (Å²) >= 11 is 11.9. The first kappa shape index (κ1) is 17.8. The lowest BCUT2D eigenvalue weighted by Crippen LogP contribution is -2.50. The smallest absolute Gasteiger partial charge is 0.260 e. The Kier molecular flexibility index (Phi) is 5.60. The standard InChI is InChI=1S/C17H18Cl2N4O2/c1-12-2-5-16(21-20-12)22-6-8-23(9-7-22)17(24)11-25-15-4-3-13(18)10-14(15)19/h2-5,10H,6-9,11H2,1H3. The van der Waals surface area contributed by atoms with E-state index in [-0.39, 0.29) is 12.5 Å². The van der Waals surface area contributed by atoms with E-state index in [9.17, 15) is 4.79 Å². The van der Waals surface area contributed by atoms with Gasteiger partial charge in [-0.3, -0.25) is 4.79 Å². The van der Waals surface area contributed by atoms with Crippen molar-refractivity contribution >= 4 is 34.9 Å². The van der Waals surface area contributed by atoms with Crippen LogP contribution in [0.4, 0.5) is 5.82 Å². The molecule has 1 fully saturated rings. The molecule has 0 N–H and O–H groups in total. The lowest BCUT2D eigenvalue weighted by Gasteiger charge is -2.35. The third-order valence-electron chi connectivity index (χ3n) is 3.99. The molecule has 25 heavy (non-hydrogen) atoms. The largest absolute Gasteiger partial charge is 0.482 e. The van der Waals surface area contributed by atoms with Crippen LogP contribution >= 0.6 is 23.2 Å². The van der Waals surface area contributed by atoms with Crippen molar-refractivity contribution in [2.75, 3.05) is 37.7 Å². The maximum atomic E-state index is 12.3. The van der Waals surface area contributed by atoms with Crippen molar-refractivity contribution < 1.29 is 9.53 Å². The summed E-state index contributed by atoms with van der Waals surface area (Å²) in [6.07, 6.45) is 0. The fourth-order valence-corrected chi connectivity index (χ4v) is 3.03. The van der Waals surface area contributed by atoms with Gasteiger partial charge >= 0.3 is 0 Å². The number of carbonyl (C=O) groups excluding carboxylic acids is 1. The predicted molar refractivity (Wildman–Crippen MR) is 97.5 cm³/mol. The second kappa shape index (κ2) is 7.89. The van der Waals surface area contributed by atoms with E-state index in [0.717, 1.165) is 11.5 Å². The first-order valence-corrected chi connectivity index (χ1v) is 8.69. The van der Waals surface area contributed by atoms with E-state index in [4.69, 9.17) is 27.9 Å². The Labute approximate surface area is 156 Å². The van der Waals surface area contributed by atoms with Gasteiger partial charge in [0.05, 0.1) is 10.7 Å². The molecule has 3 rings (SSSR count). The zero-order valence-electron chi connectivity index (χ0n) is 13.8. The number of hydrogen-bond acceptors (Lipinski definition) is 5. The first-order chi connectivity index (χ1) is 12.0. The van der Waals surface area contributed by atoms with Gasteiger partial charge in [-0.2, -0.15) is 5.10 Å². The zero-order chi connectivity index (χ0) is 17.8. The number of hydrogen-bond donors (Lipinski definition) is 0. The van der Waals surface area contributed by atoms with Crippen molar-refractivity contribution in [1.82, 2.24) is 15.1 Å². The Morgan fingerprint density at radius 1 is 1.12 bits per heavy atom. The minimum absolute atomic E-state index is 0.0499. The van der Waals surface area contributed by atoms with Crippen LogP contribution in [0.1, 0.15) is 5.69 Å². The maximum absolute atomic E-state index is 12.3. The Morgan fingerprint density at radius 3 is 2.52 bits per heavy atom. The fourth-order valence-electron chi connectivity index (χ4n) is 2.57. The molecule has 132 valence electrons. The van der Waals surface area contributed by atoms with Crippen LogP contribution < -0.4 is 9.64 Å². The van der Waals surface area contributed by atoms with Gasteiger partial charge in [-0.05, 0) is 37.3 Å². The number of rotatable bonds is 4. The summed E-state index contributed by atoms with van der Waals surface area (Å²) in [5.41, 5.74) is 0.885. The van der Waals surface area contributed by atoms with Crippen LogP contribution in [0.25, 0.3) is 0 Å². The summed E-state index contributed by atoms with van der Waals surface area (Å²) in [5.74, 6) is 1.22. The number of carbonyl (C=O) groups is 1. The quantitative estimate of drug-likeness (QED) is 0.815. The second-order valence-electron chi connectivity index (χ2n) is 5.76. The van der Waals surface area contributed by atoms with Gasteiger partial charge in [-0.1, -0.05) is 23.2 Å². The summed E-state index contributed by atoms with van der Waals surface area (Å²) in [4.78, 5) is 16.2. The van der Waals surface area contributed by atoms with Crippen LogP contribution in [0, 0.1) is 6.92 Å². The molecule has 8 heteroatoms. The molecule has 1 aromatic heterocycles. The lowest BCUT2D eigenvalue weighted by atomic mass is 10.3. The molecule has 2 heterocycles. The molecule has 1 amide bonds. The maximum Gasteiger partial charge on any atom is 0.260 e. The van der Waals surface area contributed by atoms with Crippen LogP contribution in [-0.4, -0.2) is 53.8 Å². The topological polar surface area (TPSA) is 58.6 Å². The van der Waals surface area contributed by atoms with Crippen LogP contribution in [0.5, 0.6) is 5.75 Å². The third kappa shape index (κ3) is 4.52. The van der Waals surface area contributed by atoms with E-state index in [1.165, 1.54) is 0 Å². The Bertz CT molecular complexity index is 747. The molecule has 6 nitrogen and oxygen atoms in total. The number of nitrogens with zero attached hydrogens (tertiary/aromatic N) is 4. The summed E-state index contributed by atoms with van der Waals surface area (Å²) in [7, 11) is 0. The molecule has 1 saturated heterocycles. The highest BCUT2D eigenvalue weighted by molar-refractivity contribution is 6.35. The summed E-state index contributed by atoms with van der Waals surface area (Å²) in [5, 5.41) is 9.18. The molecule has 1 aromatic carbocycles. The molecule has 0 atom stereocenters. The van der Waals surface area contributed by atoms with Crippen LogP contribution in [0.15, 0.2) is 30.3 Å². The van der Waals surface area contributed by atoms with Crippen LogP contribution in [-0.2, 0) is 4.79 Å². The van der Waals surface area contributed by atoms with E-state index in [2.05, 4.69) is 15.1 Å². The number of halogens is 2. The molecule has 0 bridgehead atoms. The molecular formula is C17H18Cl2N4O2. The van der Waals surface area contributed by atoms with E-state index >= 15 is 0 Å². The van der Waals surface area contributed by atoms with E-state index in [0.29, 0.717) is 42.0 Å². The Morgan fingerprint density at radius 2 is 1.88 bits per heavy atom. The average Bonchev–Trinajstić information content (AvgIpc) is 2.61. The Hall–Kier alpha value is -2.05. The zero-order valence-corrected chi connectivity index (χ0v) is 15.3. The Balaban J connectivity index is 1.50. The van der Waals surface area contributed by atoms with Crippen molar-refractivity contribution in [1.29, 1.82) is 0 Å². The monoisotopic (exact) mass is 380 g/mol. The molecular weight excluding hydrogens is 363 g/mol. The minimum Gasteiger partial charge on any atom is -0.482 e. The second-order valence-corrected chi connectivity index (χ2v) is 6.61. The molecule has 0 spiro atoms. The van der Waals surface area contributed by atoms with Gasteiger partial charge in [-0.25, -0.2) is 0 Å². The fraction of sp³-hybridized carbons (Fsp3) is 0.353. The highest BCUT2D eigenvalue weighted by Crippen LogP contribution is 2.27. The van der Waals surface area contributed by atoms with Gasteiger partial charge in [0.2, 0.25) is 0 Å². The van der Waals surface area contributed by atoms with Gasteiger partial charge in [0.1, 0.15) is 5.75 Å². The van der Waals surface area contributed by atoms with E-state index in [1.807, 2.05) is 19.1 Å². The minimum atomic E-state index is -0.0688. The van der Waals surface area contributed by atoms with Gasteiger partial charge in [0, 0.05) is 31.2 Å². The van der Waals surface area contributed by atoms with Gasteiger partial charge in [0.15, 0.2) is 12.4 Å². The van der Waals surface area contributed by atoms with Crippen molar-refractivity contribution in [2.24, 2.45) is 0 Å². The summed E-state index contributed by atoms with van der Waals surface area (Å²) in [6, 6.07) is 8.81. The number of anilines is 1. The number of aromatic nitrogens is 2. The lowest BCUT2D eigenvalue weighted by molar-refractivity contribution is -0.133. The number of benzene rings is 1. The molecule has 1 aliphatic rings. The van der Waals surface area contributed by atoms with Crippen molar-refractivity contribution in [2.45, 2.75) is 6.92 Å². The molecule has 0 radical (unpaired) electrons. The molecule has 0 unspecified atom stereocenters. The average molecular weight is 381 g/mol. The molecule has 2 aromatic rings. The van der Waals surface area contributed by atoms with E-state index in [1.54, 1.807) is 23.1 Å². The number of amides is 1. The number of aryl methyl sites for hydroxylation is 1. The van der Waals surface area contributed by atoms with Crippen molar-refractivity contribution in [3.8, 4) is 5.75 Å². The summed E-state index contributed by atoms with van der Waals surface area (Å²) < 4.78 is 5.51. The van der Waals surface area contributed by atoms with Gasteiger partial charge in [0.25, 0.3) is 5.91 Å². The number of ether oxygens (including phenoxy) is 1. The normalized spacial score (nSPS) is 14.5. The molecule has 0 aliphatic carbocycles. The van der Waals surface area contributed by atoms with Crippen LogP contribution in [0.3, 0.4) is 0 Å². The van der Waals surface area contributed by atoms with Gasteiger partial charge < -0.3 is 14.5 Å². The van der Waals surface area contributed by atoms with E-state index < -0.39 is 0 Å². The predicted octanol–water partition coefficient (Wildman–Crippen LogP) is 2.82. The highest BCUT2D eigenvalue weighted by atomic mass is 35.5. The number of piperazine rings is 1. The highest BCUT2D eigenvalue weighted by Gasteiger charge is 2.22.